The van der Waals surface area contributed by atoms with Crippen LogP contribution in [0.15, 0.2) is 30.3 Å². The molecule has 0 saturated heterocycles. The third-order valence-corrected chi connectivity index (χ3v) is 5.13. The Kier molecular flexibility index (Phi) is 12.6. The van der Waals surface area contributed by atoms with Crippen LogP contribution in [0.5, 0.6) is 0 Å². The van der Waals surface area contributed by atoms with Crippen LogP contribution in [0.1, 0.15) is 77.7 Å². The zero-order valence-corrected chi connectivity index (χ0v) is 18.0. The lowest BCUT2D eigenvalue weighted by Gasteiger charge is -2.41. The van der Waals surface area contributed by atoms with Crippen molar-refractivity contribution < 1.29 is 14.3 Å². The van der Waals surface area contributed by atoms with Crippen molar-refractivity contribution in [1.82, 2.24) is 5.32 Å². The molecule has 1 atom stereocenters. The van der Waals surface area contributed by atoms with Crippen LogP contribution in [0, 0.1) is 5.92 Å². The summed E-state index contributed by atoms with van der Waals surface area (Å²) in [6.45, 7) is 7.88. The van der Waals surface area contributed by atoms with E-state index in [0.717, 1.165) is 24.8 Å². The number of benzene rings is 1. The molecular formula is C23H40N2O3. The molecule has 0 aliphatic heterocycles. The Balaban J connectivity index is 2.97. The molecule has 0 heterocycles. The van der Waals surface area contributed by atoms with E-state index in [1.165, 1.54) is 32.1 Å². The molecule has 0 bridgehead atoms. The number of primary amides is 1. The molecule has 5 heteroatoms. The van der Waals surface area contributed by atoms with E-state index in [4.69, 9.17) is 15.2 Å². The van der Waals surface area contributed by atoms with Gasteiger partial charge >= 0.3 is 6.03 Å². The molecule has 3 N–H and O–H groups in total. The third kappa shape index (κ3) is 8.19. The molecule has 2 amide bonds. The van der Waals surface area contributed by atoms with Crippen molar-refractivity contribution in [2.45, 2.75) is 77.9 Å². The fraction of sp³-hybridized carbons (Fsp3) is 0.696. The first-order chi connectivity index (χ1) is 13.6. The number of amides is 2. The van der Waals surface area contributed by atoms with Gasteiger partial charge in [0.15, 0.2) is 5.79 Å². The van der Waals surface area contributed by atoms with Gasteiger partial charge in [0.05, 0.1) is 0 Å². The zero-order valence-electron chi connectivity index (χ0n) is 18.0. The maximum Gasteiger partial charge on any atom is 0.312 e. The van der Waals surface area contributed by atoms with E-state index in [1.54, 1.807) is 0 Å². The number of nitrogens with one attached hydrogen (secondary N) is 1. The molecular weight excluding hydrogens is 352 g/mol. The van der Waals surface area contributed by atoms with Gasteiger partial charge in [0.1, 0.15) is 0 Å². The normalized spacial score (nSPS) is 12.7. The van der Waals surface area contributed by atoms with Crippen LogP contribution < -0.4 is 11.1 Å². The van der Waals surface area contributed by atoms with E-state index < -0.39 is 11.8 Å². The van der Waals surface area contributed by atoms with Crippen molar-refractivity contribution >= 4 is 6.03 Å². The van der Waals surface area contributed by atoms with Gasteiger partial charge < -0.3 is 20.5 Å². The van der Waals surface area contributed by atoms with Crippen molar-refractivity contribution in [3.8, 4) is 0 Å². The number of hydrogen-bond acceptors (Lipinski definition) is 3. The van der Waals surface area contributed by atoms with E-state index in [0.29, 0.717) is 19.8 Å². The van der Waals surface area contributed by atoms with Gasteiger partial charge in [-0.05, 0) is 26.7 Å². The second-order valence-electron chi connectivity index (χ2n) is 7.23. The number of carbonyl (C=O) groups excluding carboxylic acids is 1. The molecule has 0 spiro atoms. The predicted molar refractivity (Wildman–Crippen MR) is 115 cm³/mol. The largest absolute Gasteiger partial charge is 0.352 e. The monoisotopic (exact) mass is 392 g/mol. The summed E-state index contributed by atoms with van der Waals surface area (Å²) in [5.74, 6) is -0.666. The van der Waals surface area contributed by atoms with Gasteiger partial charge in [0.2, 0.25) is 0 Å². The fourth-order valence-corrected chi connectivity index (χ4v) is 3.84. The number of nitrogens with two attached hydrogens (primary N) is 1. The second kappa shape index (κ2) is 14.4. The van der Waals surface area contributed by atoms with E-state index in [1.807, 2.05) is 32.0 Å². The highest BCUT2D eigenvalue weighted by Crippen LogP contribution is 2.40. The molecule has 28 heavy (non-hydrogen) atoms. The lowest BCUT2D eigenvalue weighted by Crippen LogP contribution is -2.43. The molecule has 0 radical (unpaired) electrons. The van der Waals surface area contributed by atoms with E-state index in [9.17, 15) is 4.79 Å². The minimum atomic E-state index is -0.798. The number of ether oxygens (including phenoxy) is 2. The number of unbranched alkanes of at least 4 members (excludes halogenated alkanes) is 5. The summed E-state index contributed by atoms with van der Waals surface area (Å²) in [7, 11) is 0. The number of hydrogen-bond donors (Lipinski definition) is 2. The highest BCUT2D eigenvalue weighted by atomic mass is 16.7. The predicted octanol–water partition coefficient (Wildman–Crippen LogP) is 5.34. The van der Waals surface area contributed by atoms with Gasteiger partial charge in [-0.25, -0.2) is 4.79 Å². The lowest BCUT2D eigenvalue weighted by atomic mass is 9.84. The molecule has 160 valence electrons. The van der Waals surface area contributed by atoms with Gasteiger partial charge in [0.25, 0.3) is 0 Å². The lowest BCUT2D eigenvalue weighted by molar-refractivity contribution is -0.276. The fourth-order valence-electron chi connectivity index (χ4n) is 3.84. The maximum atomic E-state index is 11.2. The molecule has 5 nitrogen and oxygen atoms in total. The smallest absolute Gasteiger partial charge is 0.312 e. The van der Waals surface area contributed by atoms with Crippen LogP contribution in [0.25, 0.3) is 0 Å². The first kappa shape index (κ1) is 24.4. The first-order valence-corrected chi connectivity index (χ1v) is 11.0. The molecule has 0 aromatic heterocycles. The topological polar surface area (TPSA) is 73.6 Å². The van der Waals surface area contributed by atoms with Gasteiger partial charge in [-0.1, -0.05) is 75.8 Å². The SMILES string of the molecule is CCCCCCCCC(CCNC(N)=O)C(OCC)(OCC)c1ccccc1. The molecule has 0 aliphatic rings. The Bertz CT molecular complexity index is 516. The number of rotatable bonds is 16. The summed E-state index contributed by atoms with van der Waals surface area (Å²) in [5.41, 5.74) is 6.31. The Labute approximate surface area is 171 Å². The van der Waals surface area contributed by atoms with Gasteiger partial charge in [-0.3, -0.25) is 0 Å². The van der Waals surface area contributed by atoms with Gasteiger partial charge in [0, 0.05) is 31.2 Å². The average molecular weight is 393 g/mol. The molecule has 0 saturated carbocycles. The van der Waals surface area contributed by atoms with Gasteiger partial charge in [-0.15, -0.1) is 0 Å². The van der Waals surface area contributed by atoms with Crippen LogP contribution >= 0.6 is 0 Å². The quantitative estimate of drug-likeness (QED) is 0.295. The molecule has 0 fully saturated rings. The van der Waals surface area contributed by atoms with Crippen LogP contribution in [-0.2, 0) is 15.3 Å². The van der Waals surface area contributed by atoms with Crippen LogP contribution in [0.2, 0.25) is 0 Å². The van der Waals surface area contributed by atoms with Crippen molar-refractivity contribution in [1.29, 1.82) is 0 Å². The zero-order chi connectivity index (χ0) is 20.7. The minimum absolute atomic E-state index is 0.132. The van der Waals surface area contributed by atoms with E-state index >= 15 is 0 Å². The van der Waals surface area contributed by atoms with Crippen molar-refractivity contribution in [3.05, 3.63) is 35.9 Å². The minimum Gasteiger partial charge on any atom is -0.352 e. The highest BCUT2D eigenvalue weighted by Gasteiger charge is 2.41. The van der Waals surface area contributed by atoms with Crippen LogP contribution in [0.3, 0.4) is 0 Å². The van der Waals surface area contributed by atoms with Crippen molar-refractivity contribution in [3.63, 3.8) is 0 Å². The summed E-state index contributed by atoms with van der Waals surface area (Å²) < 4.78 is 12.6. The molecule has 1 aromatic rings. The number of carbonyl (C=O) groups is 1. The van der Waals surface area contributed by atoms with Crippen LogP contribution in [0.4, 0.5) is 4.79 Å². The van der Waals surface area contributed by atoms with E-state index in [-0.39, 0.29) is 5.92 Å². The molecule has 1 unspecified atom stereocenters. The Hall–Kier alpha value is -1.59. The Morgan fingerprint density at radius 1 is 0.964 bits per heavy atom. The summed E-state index contributed by atoms with van der Waals surface area (Å²) in [5, 5.41) is 2.73. The average Bonchev–Trinajstić information content (AvgIpc) is 2.69. The van der Waals surface area contributed by atoms with Gasteiger partial charge in [-0.2, -0.15) is 0 Å². The first-order valence-electron chi connectivity index (χ1n) is 11.0. The Morgan fingerprint density at radius 3 is 2.14 bits per heavy atom. The molecule has 0 aliphatic carbocycles. The summed E-state index contributed by atoms with van der Waals surface area (Å²) in [6, 6.07) is 9.69. The third-order valence-electron chi connectivity index (χ3n) is 5.13. The maximum absolute atomic E-state index is 11.2. The van der Waals surface area contributed by atoms with Crippen molar-refractivity contribution in [2.24, 2.45) is 11.7 Å². The van der Waals surface area contributed by atoms with Crippen LogP contribution in [-0.4, -0.2) is 25.8 Å². The van der Waals surface area contributed by atoms with E-state index in [2.05, 4.69) is 24.4 Å². The molecule has 1 aromatic carbocycles. The number of urea groups is 1. The Morgan fingerprint density at radius 2 is 1.57 bits per heavy atom. The second-order valence-corrected chi connectivity index (χ2v) is 7.23. The molecule has 1 rings (SSSR count). The van der Waals surface area contributed by atoms with Crippen molar-refractivity contribution in [2.75, 3.05) is 19.8 Å². The highest BCUT2D eigenvalue weighted by molar-refractivity contribution is 5.71. The summed E-state index contributed by atoms with van der Waals surface area (Å²) >= 11 is 0. The standard InChI is InChI=1S/C23H40N2O3/c1-4-7-8-9-10-12-17-21(18-19-25-22(24)26)23(27-5-2,28-6-3)20-15-13-11-14-16-20/h11,13-16,21H,4-10,12,17-19H2,1-3H3,(H3,24,25,26). The summed E-state index contributed by atoms with van der Waals surface area (Å²) in [4.78, 5) is 11.2. The summed E-state index contributed by atoms with van der Waals surface area (Å²) in [6.07, 6.45) is 9.20.